The highest BCUT2D eigenvalue weighted by Crippen LogP contribution is 2.33. The van der Waals surface area contributed by atoms with Crippen molar-refractivity contribution in [1.82, 2.24) is 0 Å². The fraction of sp³-hybridized carbons (Fsp3) is 0.105. The number of nitrogens with one attached hydrogen (secondary N) is 1. The van der Waals surface area contributed by atoms with Gasteiger partial charge in [-0.2, -0.15) is 0 Å². The van der Waals surface area contributed by atoms with Crippen molar-refractivity contribution in [3.63, 3.8) is 0 Å². The van der Waals surface area contributed by atoms with E-state index in [9.17, 15) is 4.79 Å². The third kappa shape index (κ3) is 3.57. The highest BCUT2D eigenvalue weighted by molar-refractivity contribution is 6.05. The number of rotatable bonds is 4. The Kier molecular flexibility index (Phi) is 4.52. The molecule has 3 N–H and O–H groups in total. The van der Waals surface area contributed by atoms with Crippen LogP contribution in [0.3, 0.4) is 0 Å². The van der Waals surface area contributed by atoms with Crippen LogP contribution >= 0.6 is 0 Å². The van der Waals surface area contributed by atoms with Crippen molar-refractivity contribution in [3.8, 4) is 0 Å². The molecule has 0 aliphatic carbocycles. The maximum absolute atomic E-state index is 11.9. The number of esters is 1. The maximum atomic E-state index is 11.9. The van der Waals surface area contributed by atoms with Crippen LogP contribution in [0.25, 0.3) is 6.08 Å². The van der Waals surface area contributed by atoms with Crippen LogP contribution < -0.4 is 5.73 Å². The summed E-state index contributed by atoms with van der Waals surface area (Å²) in [6, 6.07) is 17.1. The molecule has 24 heavy (non-hydrogen) atoms. The van der Waals surface area contributed by atoms with E-state index in [4.69, 9.17) is 15.9 Å². The van der Waals surface area contributed by atoms with Gasteiger partial charge in [-0.25, -0.2) is 9.79 Å². The second-order valence-electron chi connectivity index (χ2n) is 5.42. The third-order valence-electron chi connectivity index (χ3n) is 3.70. The Morgan fingerprint density at radius 3 is 2.62 bits per heavy atom. The number of allylic oxidation sites excluding steroid dienone is 1. The summed E-state index contributed by atoms with van der Waals surface area (Å²) in [5.41, 5.74) is 8.43. The summed E-state index contributed by atoms with van der Waals surface area (Å²) >= 11 is 0. The molecule has 0 bridgehead atoms. The van der Waals surface area contributed by atoms with Crippen LogP contribution in [-0.2, 0) is 4.74 Å². The van der Waals surface area contributed by atoms with Crippen molar-refractivity contribution in [2.75, 3.05) is 0 Å². The molecule has 0 spiro atoms. The van der Waals surface area contributed by atoms with Gasteiger partial charge >= 0.3 is 5.97 Å². The van der Waals surface area contributed by atoms with Crippen LogP contribution in [0.15, 0.2) is 65.7 Å². The van der Waals surface area contributed by atoms with Gasteiger partial charge in [-0.1, -0.05) is 54.6 Å². The first-order valence-corrected chi connectivity index (χ1v) is 7.58. The highest BCUT2D eigenvalue weighted by atomic mass is 16.5. The van der Waals surface area contributed by atoms with E-state index < -0.39 is 6.10 Å². The molecule has 2 aromatic carbocycles. The molecule has 0 fully saturated rings. The van der Waals surface area contributed by atoms with E-state index in [0.717, 1.165) is 11.1 Å². The minimum Gasteiger partial charge on any atom is -0.453 e. The molecule has 0 aromatic heterocycles. The molecule has 0 saturated heterocycles. The molecule has 1 unspecified atom stereocenters. The van der Waals surface area contributed by atoms with Gasteiger partial charge in [0.2, 0.25) is 5.96 Å². The first-order valence-electron chi connectivity index (χ1n) is 7.58. The summed E-state index contributed by atoms with van der Waals surface area (Å²) in [6.07, 6.45) is 3.65. The van der Waals surface area contributed by atoms with Gasteiger partial charge in [0, 0.05) is 17.7 Å². The van der Waals surface area contributed by atoms with Crippen LogP contribution in [0.4, 0.5) is 0 Å². The van der Waals surface area contributed by atoms with Gasteiger partial charge < -0.3 is 10.5 Å². The van der Waals surface area contributed by atoms with E-state index in [1.54, 1.807) is 12.1 Å². The van der Waals surface area contributed by atoms with Crippen molar-refractivity contribution in [2.24, 2.45) is 10.7 Å². The smallest absolute Gasteiger partial charge is 0.339 e. The minimum atomic E-state index is -0.410. The zero-order chi connectivity index (χ0) is 16.9. The predicted octanol–water partition coefficient (Wildman–Crippen LogP) is 3.34. The van der Waals surface area contributed by atoms with Crippen LogP contribution in [-0.4, -0.2) is 17.6 Å². The average molecular weight is 319 g/mol. The number of hydrogen-bond donors (Lipinski definition) is 2. The van der Waals surface area contributed by atoms with Gasteiger partial charge in [0.25, 0.3) is 0 Å². The van der Waals surface area contributed by atoms with E-state index >= 15 is 0 Å². The number of guanidine groups is 1. The van der Waals surface area contributed by atoms with Crippen molar-refractivity contribution < 1.29 is 9.53 Å². The Morgan fingerprint density at radius 2 is 1.88 bits per heavy atom. The van der Waals surface area contributed by atoms with Gasteiger partial charge in [-0.15, -0.1) is 0 Å². The van der Waals surface area contributed by atoms with Crippen LogP contribution in [0.2, 0.25) is 0 Å². The Bertz CT molecular complexity index is 826. The monoisotopic (exact) mass is 319 g/mol. The molecule has 1 aliphatic rings. The lowest BCUT2D eigenvalue weighted by Gasteiger charge is -2.10. The molecule has 3 rings (SSSR count). The van der Waals surface area contributed by atoms with Crippen molar-refractivity contribution in [1.29, 1.82) is 5.41 Å². The average Bonchev–Trinajstić information content (AvgIpc) is 2.90. The van der Waals surface area contributed by atoms with E-state index in [1.165, 1.54) is 0 Å². The molecule has 5 nitrogen and oxygen atoms in total. The first kappa shape index (κ1) is 15.7. The molecule has 0 saturated carbocycles. The first-order chi connectivity index (χ1) is 11.6. The van der Waals surface area contributed by atoms with E-state index in [0.29, 0.717) is 17.7 Å². The number of fused-ring (bicyclic) bond motifs is 1. The summed E-state index contributed by atoms with van der Waals surface area (Å²) in [5.74, 6) is -0.606. The molecule has 1 heterocycles. The number of nitrogens with two attached hydrogens (primary N) is 1. The lowest BCUT2D eigenvalue weighted by molar-refractivity contribution is 0.0401. The van der Waals surface area contributed by atoms with Crippen LogP contribution in [0.1, 0.15) is 34.0 Å². The summed E-state index contributed by atoms with van der Waals surface area (Å²) in [4.78, 5) is 16.0. The zero-order valence-corrected chi connectivity index (χ0v) is 13.0. The predicted molar refractivity (Wildman–Crippen MR) is 94.0 cm³/mol. The van der Waals surface area contributed by atoms with Crippen LogP contribution in [0, 0.1) is 5.41 Å². The van der Waals surface area contributed by atoms with Crippen molar-refractivity contribution in [2.45, 2.75) is 12.5 Å². The summed E-state index contributed by atoms with van der Waals surface area (Å²) in [7, 11) is 0. The van der Waals surface area contributed by atoms with Crippen LogP contribution in [0.5, 0.6) is 0 Å². The largest absolute Gasteiger partial charge is 0.453 e. The number of benzene rings is 2. The van der Waals surface area contributed by atoms with E-state index in [2.05, 4.69) is 4.99 Å². The Balaban J connectivity index is 1.83. The lowest BCUT2D eigenvalue weighted by Crippen LogP contribution is -2.12. The number of nitrogens with zero attached hydrogens (tertiary/aromatic N) is 1. The topological polar surface area (TPSA) is 88.5 Å². The number of carbonyl (C=O) groups is 1. The molecule has 2 aromatic rings. The molecule has 5 heteroatoms. The fourth-order valence-electron chi connectivity index (χ4n) is 2.62. The number of ether oxygens (including phenoxy) is 1. The molecule has 1 atom stereocenters. The lowest BCUT2D eigenvalue weighted by atomic mass is 10.0. The fourth-order valence-corrected chi connectivity index (χ4v) is 2.62. The summed E-state index contributed by atoms with van der Waals surface area (Å²) in [5, 5.41) is 7.42. The highest BCUT2D eigenvalue weighted by Gasteiger charge is 2.31. The number of aliphatic imine (C=N–C) groups is 1. The Hall–Kier alpha value is -3.21. The third-order valence-corrected chi connectivity index (χ3v) is 3.70. The molecule has 120 valence electrons. The quantitative estimate of drug-likeness (QED) is 0.514. The summed E-state index contributed by atoms with van der Waals surface area (Å²) in [6.45, 7) is 0. The number of hydrogen-bond acceptors (Lipinski definition) is 3. The Morgan fingerprint density at radius 1 is 1.17 bits per heavy atom. The van der Waals surface area contributed by atoms with Gasteiger partial charge in [0.1, 0.15) is 6.10 Å². The standard InChI is InChI=1S/C19H17N3O2/c20-19(21)22-14(11-10-13-6-2-1-3-7-13)12-17-15-8-4-5-9-16(15)18(23)24-17/h1-11,17H,12H2,(H3,20,21)/b11-10?,22-14-. The second-order valence-corrected chi connectivity index (χ2v) is 5.42. The van der Waals surface area contributed by atoms with Gasteiger partial charge in [-0.05, 0) is 17.7 Å². The second kappa shape index (κ2) is 6.91. The zero-order valence-electron chi connectivity index (χ0n) is 13.0. The maximum Gasteiger partial charge on any atom is 0.339 e. The van der Waals surface area contributed by atoms with Gasteiger partial charge in [-0.3, -0.25) is 5.41 Å². The number of carbonyl (C=O) groups excluding carboxylic acids is 1. The molecular weight excluding hydrogens is 302 g/mol. The SMILES string of the molecule is N=C(N)/N=C(/C=Cc1ccccc1)CC1OC(=O)c2ccccc21. The van der Waals surface area contributed by atoms with E-state index in [1.807, 2.05) is 54.6 Å². The normalized spacial score (nSPS) is 16.9. The minimum absolute atomic E-state index is 0.277. The molecule has 1 aliphatic heterocycles. The van der Waals surface area contributed by atoms with E-state index in [-0.39, 0.29) is 11.9 Å². The van der Waals surface area contributed by atoms with Gasteiger partial charge in [0.05, 0.1) is 5.56 Å². The summed E-state index contributed by atoms with van der Waals surface area (Å²) < 4.78 is 5.43. The Labute approximate surface area is 140 Å². The van der Waals surface area contributed by atoms with Crippen molar-refractivity contribution in [3.05, 3.63) is 77.4 Å². The number of cyclic esters (lactones) is 1. The molecule has 0 amide bonds. The molecule has 0 radical (unpaired) electrons. The van der Waals surface area contributed by atoms with Gasteiger partial charge in [0.15, 0.2) is 0 Å². The van der Waals surface area contributed by atoms with Crippen molar-refractivity contribution >= 4 is 23.7 Å². The molecular formula is C19H17N3O2.